The molecule has 0 radical (unpaired) electrons. The third-order valence-corrected chi connectivity index (χ3v) is 8.39. The van der Waals surface area contributed by atoms with Gasteiger partial charge in [0.1, 0.15) is 22.8 Å². The Morgan fingerprint density at radius 2 is 1.29 bits per heavy atom. The number of fused-ring (bicyclic) bond motifs is 1. The highest BCUT2D eigenvalue weighted by atomic mass is 16.6. The minimum Gasteiger partial charge on any atom is -0.496 e. The molecule has 7 heteroatoms. The number of hydrogen-bond donors (Lipinski definition) is 0. The average Bonchev–Trinajstić information content (AvgIpc) is 3.07. The maximum atomic E-state index is 14.9. The summed E-state index contributed by atoms with van der Waals surface area (Å²) in [5.74, 6) is 2.40. The van der Waals surface area contributed by atoms with Crippen molar-refractivity contribution in [3.05, 3.63) is 111 Å². The van der Waals surface area contributed by atoms with E-state index in [2.05, 4.69) is 45.9 Å². The van der Waals surface area contributed by atoms with Crippen LogP contribution in [0.5, 0.6) is 28.7 Å². The number of Topliss-reactive ketones (excluding diaryl/α,β-unsaturated/α-hetero) is 1. The van der Waals surface area contributed by atoms with Gasteiger partial charge in [0, 0.05) is 22.8 Å². The number of carbonyl (C=O) groups is 1. The molecule has 0 spiro atoms. The number of ketones is 1. The predicted octanol–water partition coefficient (Wildman–Crippen LogP) is 9.15. The summed E-state index contributed by atoms with van der Waals surface area (Å²) in [5, 5.41) is 0. The van der Waals surface area contributed by atoms with Gasteiger partial charge in [0.2, 0.25) is 5.78 Å². The summed E-state index contributed by atoms with van der Waals surface area (Å²) in [4.78, 5) is 14.9. The molecule has 3 aromatic rings. The van der Waals surface area contributed by atoms with Crippen LogP contribution >= 0.6 is 0 Å². The van der Waals surface area contributed by atoms with Gasteiger partial charge in [0.05, 0.1) is 35.0 Å². The first-order chi connectivity index (χ1) is 23.0. The van der Waals surface area contributed by atoms with E-state index in [1.54, 1.807) is 34.5 Å². The zero-order valence-corrected chi connectivity index (χ0v) is 30.1. The van der Waals surface area contributed by atoms with Crippen LogP contribution in [0.25, 0.3) is 0 Å². The Hall–Kier alpha value is -4.49. The van der Waals surface area contributed by atoms with Crippen LogP contribution < -0.4 is 23.7 Å². The minimum atomic E-state index is -0.995. The predicted molar refractivity (Wildman–Crippen MR) is 191 cm³/mol. The van der Waals surface area contributed by atoms with E-state index >= 15 is 0 Å². The van der Waals surface area contributed by atoms with E-state index < -0.39 is 12.2 Å². The van der Waals surface area contributed by atoms with E-state index in [4.69, 9.17) is 28.4 Å². The van der Waals surface area contributed by atoms with Crippen molar-refractivity contribution in [2.45, 2.75) is 79.6 Å². The zero-order chi connectivity index (χ0) is 35.0. The topological polar surface area (TPSA) is 72.5 Å². The first kappa shape index (κ1) is 36.3. The number of rotatable bonds is 14. The fraction of sp³-hybridized carbons (Fsp3) is 0.390. The van der Waals surface area contributed by atoms with Gasteiger partial charge in [0.25, 0.3) is 0 Å². The van der Waals surface area contributed by atoms with Gasteiger partial charge in [-0.25, -0.2) is 0 Å². The summed E-state index contributed by atoms with van der Waals surface area (Å²) >= 11 is 0. The summed E-state index contributed by atoms with van der Waals surface area (Å²) in [6.45, 7) is 12.6. The number of benzene rings is 3. The molecule has 3 aromatic carbocycles. The lowest BCUT2D eigenvalue weighted by molar-refractivity contribution is -0.0300. The first-order valence-corrected chi connectivity index (χ1v) is 16.3. The van der Waals surface area contributed by atoms with Crippen molar-refractivity contribution >= 4 is 5.78 Å². The molecule has 2 atom stereocenters. The van der Waals surface area contributed by atoms with Gasteiger partial charge in [-0.15, -0.1) is 0 Å². The molecule has 2 unspecified atom stereocenters. The van der Waals surface area contributed by atoms with Crippen molar-refractivity contribution in [3.63, 3.8) is 0 Å². The molecule has 48 heavy (non-hydrogen) atoms. The van der Waals surface area contributed by atoms with Crippen LogP contribution in [-0.4, -0.2) is 40.3 Å². The second-order valence-corrected chi connectivity index (χ2v) is 12.7. The van der Waals surface area contributed by atoms with Gasteiger partial charge < -0.3 is 28.4 Å². The maximum Gasteiger partial charge on any atom is 0.203 e. The van der Waals surface area contributed by atoms with E-state index in [-0.39, 0.29) is 12.4 Å². The van der Waals surface area contributed by atoms with Crippen molar-refractivity contribution in [1.29, 1.82) is 0 Å². The van der Waals surface area contributed by atoms with E-state index in [0.29, 0.717) is 53.6 Å². The van der Waals surface area contributed by atoms with Crippen molar-refractivity contribution in [2.24, 2.45) is 0 Å². The molecule has 0 bridgehead atoms. The first-order valence-electron chi connectivity index (χ1n) is 16.3. The Labute approximate surface area is 286 Å². The molecule has 0 fully saturated rings. The Morgan fingerprint density at radius 3 is 1.85 bits per heavy atom. The minimum absolute atomic E-state index is 0.216. The molecule has 1 aliphatic heterocycles. The number of allylic oxidation sites excluding steroid dienone is 6. The summed E-state index contributed by atoms with van der Waals surface area (Å²) in [6.07, 6.45) is 6.24. The second kappa shape index (κ2) is 16.6. The largest absolute Gasteiger partial charge is 0.496 e. The third-order valence-electron chi connectivity index (χ3n) is 8.39. The number of hydrogen-bond acceptors (Lipinski definition) is 7. The number of methoxy groups -OCH3 is 4. The zero-order valence-electron chi connectivity index (χ0n) is 30.1. The fourth-order valence-corrected chi connectivity index (χ4v) is 5.95. The van der Waals surface area contributed by atoms with Crippen molar-refractivity contribution < 1.29 is 33.2 Å². The van der Waals surface area contributed by atoms with E-state index in [1.165, 1.54) is 5.57 Å². The molecule has 0 saturated heterocycles. The Morgan fingerprint density at radius 1 is 0.708 bits per heavy atom. The van der Waals surface area contributed by atoms with Gasteiger partial charge in [-0.05, 0) is 78.0 Å². The average molecular weight is 655 g/mol. The lowest BCUT2D eigenvalue weighted by atomic mass is 9.84. The number of ether oxygens (including phenoxy) is 6. The van der Waals surface area contributed by atoms with Crippen LogP contribution in [0.15, 0.2) is 77.4 Å². The molecule has 0 aromatic heterocycles. The summed E-state index contributed by atoms with van der Waals surface area (Å²) < 4.78 is 37.3. The molecule has 1 aliphatic rings. The van der Waals surface area contributed by atoms with Crippen molar-refractivity contribution in [2.75, 3.05) is 28.4 Å². The van der Waals surface area contributed by atoms with E-state index in [9.17, 15) is 4.79 Å². The quantitative estimate of drug-likeness (QED) is 0.161. The lowest BCUT2D eigenvalue weighted by Crippen LogP contribution is -2.40. The van der Waals surface area contributed by atoms with Crippen LogP contribution in [0.2, 0.25) is 0 Å². The molecule has 7 nitrogen and oxygen atoms in total. The van der Waals surface area contributed by atoms with Crippen LogP contribution in [0, 0.1) is 0 Å². The van der Waals surface area contributed by atoms with Crippen LogP contribution in [0.3, 0.4) is 0 Å². The molecule has 0 amide bonds. The SMILES string of the molecule is COc1cc(OC)c2c(c1CC=C(C)C)OC(c1c(CC=C(C)C)cc(OC)c(OC)c1CC=C(C)C)C(OCc1ccccc1)C2=O. The summed E-state index contributed by atoms with van der Waals surface area (Å²) in [5.41, 5.74) is 8.20. The Kier molecular flexibility index (Phi) is 12.5. The third kappa shape index (κ3) is 8.13. The molecule has 1 heterocycles. The Bertz CT molecular complexity index is 1690. The van der Waals surface area contributed by atoms with Gasteiger partial charge in [-0.2, -0.15) is 0 Å². The molecular weight excluding hydrogens is 604 g/mol. The van der Waals surface area contributed by atoms with Crippen LogP contribution in [-0.2, 0) is 30.6 Å². The maximum absolute atomic E-state index is 14.9. The van der Waals surface area contributed by atoms with Gasteiger partial charge in [-0.3, -0.25) is 4.79 Å². The molecule has 256 valence electrons. The standard InChI is InChI=1S/C41H50O7/c1-25(2)16-19-29-22-34(45-9)38(46-10)31(21-18-27(5)6)35(29)40-41(47-24-28-14-12-11-13-15-28)37(42)36-33(44-8)23-32(43-7)30(39(36)48-40)20-17-26(3)4/h11-18,22-23,40-41H,19-21,24H2,1-10H3. The van der Waals surface area contributed by atoms with Gasteiger partial charge in [-0.1, -0.05) is 65.3 Å². The van der Waals surface area contributed by atoms with E-state index in [1.807, 2.05) is 50.2 Å². The van der Waals surface area contributed by atoms with Crippen molar-refractivity contribution in [1.82, 2.24) is 0 Å². The van der Waals surface area contributed by atoms with Gasteiger partial charge >= 0.3 is 0 Å². The summed E-state index contributed by atoms with van der Waals surface area (Å²) in [6, 6.07) is 13.6. The van der Waals surface area contributed by atoms with Crippen molar-refractivity contribution in [3.8, 4) is 28.7 Å². The molecule has 4 rings (SSSR count). The highest BCUT2D eigenvalue weighted by Crippen LogP contribution is 2.50. The van der Waals surface area contributed by atoms with Crippen LogP contribution in [0.4, 0.5) is 0 Å². The van der Waals surface area contributed by atoms with Crippen LogP contribution in [0.1, 0.15) is 85.8 Å². The van der Waals surface area contributed by atoms with E-state index in [0.717, 1.165) is 39.0 Å². The normalized spacial score (nSPS) is 15.1. The second-order valence-electron chi connectivity index (χ2n) is 12.7. The fourth-order valence-electron chi connectivity index (χ4n) is 5.95. The highest BCUT2D eigenvalue weighted by molar-refractivity contribution is 6.06. The lowest BCUT2D eigenvalue weighted by Gasteiger charge is -2.37. The Balaban J connectivity index is 2.08. The molecular formula is C41H50O7. The molecule has 0 aliphatic carbocycles. The smallest absolute Gasteiger partial charge is 0.203 e. The molecule has 0 saturated carbocycles. The summed E-state index contributed by atoms with van der Waals surface area (Å²) in [7, 11) is 6.45. The monoisotopic (exact) mass is 654 g/mol. The van der Waals surface area contributed by atoms with Gasteiger partial charge in [0.15, 0.2) is 23.7 Å². The number of carbonyl (C=O) groups excluding carboxylic acids is 1. The highest BCUT2D eigenvalue weighted by Gasteiger charge is 2.45. The molecule has 0 N–H and O–H groups in total.